The zero-order valence-electron chi connectivity index (χ0n) is 17.4. The highest BCUT2D eigenvalue weighted by molar-refractivity contribution is 6.08. The Morgan fingerprint density at radius 1 is 1.09 bits per heavy atom. The standard InChI is InChI=1S/C24H18F3N3O3/c1-3-19(30-28-2)16-6-4-5-14(11-16)15-7-9-21-18(12-15)23(31)29-20-13-17(33-24(25,26)27)8-10-22(20)32-21/h3-13,30H,2H2,1H3,(H,29,31)/b19-3-. The number of rotatable bonds is 5. The van der Waals surface area contributed by atoms with E-state index in [9.17, 15) is 18.0 Å². The molecule has 0 spiro atoms. The van der Waals surface area contributed by atoms with E-state index in [4.69, 9.17) is 4.74 Å². The van der Waals surface area contributed by atoms with Crippen molar-refractivity contribution < 1.29 is 27.4 Å². The van der Waals surface area contributed by atoms with Crippen LogP contribution < -0.4 is 20.2 Å². The highest BCUT2D eigenvalue weighted by atomic mass is 19.4. The molecule has 1 amide bonds. The molecule has 3 aromatic rings. The first-order valence-electron chi connectivity index (χ1n) is 9.79. The molecule has 0 saturated heterocycles. The van der Waals surface area contributed by atoms with Crippen molar-refractivity contribution in [3.8, 4) is 28.4 Å². The summed E-state index contributed by atoms with van der Waals surface area (Å²) in [6.07, 6.45) is -2.99. The molecule has 1 aliphatic rings. The van der Waals surface area contributed by atoms with E-state index in [-0.39, 0.29) is 22.7 Å². The van der Waals surface area contributed by atoms with Gasteiger partial charge >= 0.3 is 6.36 Å². The van der Waals surface area contributed by atoms with Gasteiger partial charge in [0.25, 0.3) is 5.91 Å². The Hall–Kier alpha value is -4.27. The molecule has 1 aliphatic heterocycles. The van der Waals surface area contributed by atoms with Gasteiger partial charge in [0.05, 0.1) is 16.9 Å². The van der Waals surface area contributed by atoms with Crippen molar-refractivity contribution in [2.45, 2.75) is 13.3 Å². The molecular formula is C24H18F3N3O3. The van der Waals surface area contributed by atoms with E-state index in [0.29, 0.717) is 0 Å². The number of fused-ring (bicyclic) bond motifs is 2. The Morgan fingerprint density at radius 3 is 2.58 bits per heavy atom. The average Bonchev–Trinajstić information content (AvgIpc) is 2.91. The Labute approximate surface area is 187 Å². The van der Waals surface area contributed by atoms with Crippen molar-refractivity contribution in [2.75, 3.05) is 5.32 Å². The van der Waals surface area contributed by atoms with E-state index < -0.39 is 18.0 Å². The number of alkyl halides is 3. The molecule has 0 saturated carbocycles. The molecule has 0 atom stereocenters. The van der Waals surface area contributed by atoms with Gasteiger partial charge < -0.3 is 14.8 Å². The number of hydrogen-bond donors (Lipinski definition) is 2. The molecular weight excluding hydrogens is 435 g/mol. The predicted octanol–water partition coefficient (Wildman–Crippen LogP) is 6.18. The first kappa shape index (κ1) is 21.9. The van der Waals surface area contributed by atoms with Crippen molar-refractivity contribution in [3.05, 3.63) is 77.9 Å². The Kier molecular flexibility index (Phi) is 5.78. The third-order valence-corrected chi connectivity index (χ3v) is 4.87. The summed E-state index contributed by atoms with van der Waals surface area (Å²) in [7, 11) is 0. The summed E-state index contributed by atoms with van der Waals surface area (Å²) in [6.45, 7) is 5.30. The molecule has 0 unspecified atom stereocenters. The number of anilines is 1. The SMILES string of the molecule is C=NN/C(=C\C)c1cccc(-c2ccc3c(c2)C(=O)Nc2cc(OC(F)(F)F)ccc2O3)c1. The number of hydrazone groups is 1. The van der Waals surface area contributed by atoms with Crippen molar-refractivity contribution >= 4 is 24.0 Å². The fourth-order valence-electron chi connectivity index (χ4n) is 3.42. The molecule has 0 aliphatic carbocycles. The zero-order valence-corrected chi connectivity index (χ0v) is 17.4. The van der Waals surface area contributed by atoms with Gasteiger partial charge in [-0.05, 0) is 53.9 Å². The van der Waals surface area contributed by atoms with E-state index in [2.05, 4.69) is 27.3 Å². The zero-order chi connectivity index (χ0) is 23.6. The quantitative estimate of drug-likeness (QED) is 0.358. The van der Waals surface area contributed by atoms with Crippen LogP contribution >= 0.6 is 0 Å². The van der Waals surface area contributed by atoms with Gasteiger partial charge in [-0.15, -0.1) is 13.2 Å². The summed E-state index contributed by atoms with van der Waals surface area (Å²) in [5.41, 5.74) is 6.39. The van der Waals surface area contributed by atoms with Crippen LogP contribution in [0, 0.1) is 0 Å². The predicted molar refractivity (Wildman–Crippen MR) is 119 cm³/mol. The molecule has 33 heavy (non-hydrogen) atoms. The summed E-state index contributed by atoms with van der Waals surface area (Å²) in [4.78, 5) is 12.9. The molecule has 4 rings (SSSR count). The maximum Gasteiger partial charge on any atom is 0.573 e. The summed E-state index contributed by atoms with van der Waals surface area (Å²) in [5, 5.41) is 6.29. The lowest BCUT2D eigenvalue weighted by Crippen LogP contribution is -2.17. The molecule has 0 bridgehead atoms. The van der Waals surface area contributed by atoms with E-state index in [1.165, 1.54) is 6.07 Å². The Bertz CT molecular complexity index is 1270. The highest BCUT2D eigenvalue weighted by Gasteiger charge is 2.32. The molecule has 0 radical (unpaired) electrons. The maximum atomic E-state index is 12.9. The van der Waals surface area contributed by atoms with Gasteiger partial charge in [-0.1, -0.05) is 30.3 Å². The first-order chi connectivity index (χ1) is 15.8. The smallest absolute Gasteiger partial charge is 0.454 e. The normalized spacial score (nSPS) is 13.1. The van der Waals surface area contributed by atoms with Crippen LogP contribution in [0.3, 0.4) is 0 Å². The second-order valence-electron chi connectivity index (χ2n) is 7.03. The summed E-state index contributed by atoms with van der Waals surface area (Å²) >= 11 is 0. The van der Waals surface area contributed by atoms with Crippen LogP contribution in [0.5, 0.6) is 17.2 Å². The van der Waals surface area contributed by atoms with E-state index in [1.807, 2.05) is 37.3 Å². The second-order valence-corrected chi connectivity index (χ2v) is 7.03. The molecule has 3 aromatic carbocycles. The molecule has 168 valence electrons. The number of carbonyl (C=O) groups excluding carboxylic acids is 1. The van der Waals surface area contributed by atoms with Crippen molar-refractivity contribution in [3.63, 3.8) is 0 Å². The van der Waals surface area contributed by atoms with Crippen LogP contribution in [0.4, 0.5) is 18.9 Å². The van der Waals surface area contributed by atoms with Crippen molar-refractivity contribution in [1.29, 1.82) is 0 Å². The van der Waals surface area contributed by atoms with Gasteiger partial charge in [0, 0.05) is 12.8 Å². The van der Waals surface area contributed by atoms with Crippen LogP contribution in [0.2, 0.25) is 0 Å². The Balaban J connectivity index is 1.67. The van der Waals surface area contributed by atoms with Gasteiger partial charge in [0.2, 0.25) is 0 Å². The van der Waals surface area contributed by atoms with Gasteiger partial charge in [-0.3, -0.25) is 10.2 Å². The minimum absolute atomic E-state index is 0.0715. The van der Waals surface area contributed by atoms with Crippen LogP contribution in [0.25, 0.3) is 16.8 Å². The third kappa shape index (κ3) is 4.82. The minimum atomic E-state index is -4.85. The third-order valence-electron chi connectivity index (χ3n) is 4.87. The Morgan fingerprint density at radius 2 is 1.85 bits per heavy atom. The van der Waals surface area contributed by atoms with Crippen molar-refractivity contribution in [2.24, 2.45) is 5.10 Å². The average molecular weight is 453 g/mol. The lowest BCUT2D eigenvalue weighted by Gasteiger charge is -2.12. The maximum absolute atomic E-state index is 12.9. The topological polar surface area (TPSA) is 72.0 Å². The minimum Gasteiger partial charge on any atom is -0.454 e. The van der Waals surface area contributed by atoms with E-state index >= 15 is 0 Å². The van der Waals surface area contributed by atoms with E-state index in [0.717, 1.165) is 34.5 Å². The van der Waals surface area contributed by atoms with Crippen LogP contribution in [-0.2, 0) is 0 Å². The van der Waals surface area contributed by atoms with Crippen LogP contribution in [0.15, 0.2) is 71.8 Å². The number of nitrogens with one attached hydrogen (secondary N) is 2. The van der Waals surface area contributed by atoms with Crippen LogP contribution in [-0.4, -0.2) is 19.0 Å². The summed E-state index contributed by atoms with van der Waals surface area (Å²) < 4.78 is 47.3. The number of carbonyl (C=O) groups is 1. The van der Waals surface area contributed by atoms with Gasteiger partial charge in [-0.25, -0.2) is 0 Å². The number of benzene rings is 3. The van der Waals surface area contributed by atoms with Gasteiger partial charge in [-0.2, -0.15) is 5.10 Å². The number of amides is 1. The monoisotopic (exact) mass is 453 g/mol. The summed E-state index contributed by atoms with van der Waals surface area (Å²) in [5.74, 6) is -0.497. The lowest BCUT2D eigenvalue weighted by molar-refractivity contribution is -0.274. The molecule has 0 fully saturated rings. The molecule has 6 nitrogen and oxygen atoms in total. The number of allylic oxidation sites excluding steroid dienone is 1. The number of nitrogens with zero attached hydrogens (tertiary/aromatic N) is 1. The number of ether oxygens (including phenoxy) is 2. The highest BCUT2D eigenvalue weighted by Crippen LogP contribution is 2.40. The fraction of sp³-hybridized carbons (Fsp3) is 0.0833. The summed E-state index contributed by atoms with van der Waals surface area (Å²) in [6, 6.07) is 16.2. The first-order valence-corrected chi connectivity index (χ1v) is 9.79. The molecule has 2 N–H and O–H groups in total. The van der Waals surface area contributed by atoms with Crippen LogP contribution in [0.1, 0.15) is 22.8 Å². The molecule has 1 heterocycles. The lowest BCUT2D eigenvalue weighted by atomic mass is 9.99. The van der Waals surface area contributed by atoms with Gasteiger partial charge in [0.15, 0.2) is 5.75 Å². The molecule has 0 aromatic heterocycles. The molecule has 9 heteroatoms. The van der Waals surface area contributed by atoms with Crippen molar-refractivity contribution in [1.82, 2.24) is 5.43 Å². The van der Waals surface area contributed by atoms with Gasteiger partial charge in [0.1, 0.15) is 11.5 Å². The number of halogens is 3. The largest absolute Gasteiger partial charge is 0.573 e. The van der Waals surface area contributed by atoms with E-state index in [1.54, 1.807) is 18.2 Å². The second kappa shape index (κ2) is 8.70. The number of hydrogen-bond acceptors (Lipinski definition) is 5. The fourth-order valence-corrected chi connectivity index (χ4v) is 3.42.